The maximum Gasteiger partial charge on any atom is 0.128 e. The lowest BCUT2D eigenvalue weighted by molar-refractivity contribution is 0.200. The maximum atomic E-state index is 13.7. The summed E-state index contributed by atoms with van der Waals surface area (Å²) < 4.78 is 14.5. The number of hydrogen-bond donors (Lipinski definition) is 2. The largest absolute Gasteiger partial charge is 0.395 e. The Labute approximate surface area is 110 Å². The van der Waals surface area contributed by atoms with Crippen molar-refractivity contribution in [2.24, 2.45) is 5.92 Å². The molecule has 0 aliphatic carbocycles. The number of nitrogens with one attached hydrogen (secondary N) is 1. The van der Waals surface area contributed by atoms with Gasteiger partial charge in [0.1, 0.15) is 5.82 Å². The Morgan fingerprint density at radius 2 is 2.00 bits per heavy atom. The second kappa shape index (κ2) is 6.47. The van der Waals surface area contributed by atoms with Crippen LogP contribution >= 0.6 is 15.9 Å². The van der Waals surface area contributed by atoms with E-state index in [1.165, 1.54) is 6.07 Å². The highest BCUT2D eigenvalue weighted by Gasteiger charge is 2.18. The van der Waals surface area contributed by atoms with Gasteiger partial charge in [-0.25, -0.2) is 4.39 Å². The van der Waals surface area contributed by atoms with E-state index in [0.717, 1.165) is 4.47 Å². The van der Waals surface area contributed by atoms with Gasteiger partial charge in [0.2, 0.25) is 0 Å². The fraction of sp³-hybridized carbons (Fsp3) is 0.538. The summed E-state index contributed by atoms with van der Waals surface area (Å²) in [7, 11) is 0. The first kappa shape index (κ1) is 14.6. The van der Waals surface area contributed by atoms with Gasteiger partial charge in [-0.15, -0.1) is 0 Å². The summed E-state index contributed by atoms with van der Waals surface area (Å²) in [5.74, 6) is 0.0753. The van der Waals surface area contributed by atoms with Gasteiger partial charge in [0, 0.05) is 22.1 Å². The first-order chi connectivity index (χ1) is 7.95. The molecule has 0 saturated carbocycles. The summed E-state index contributed by atoms with van der Waals surface area (Å²) in [5, 5.41) is 12.5. The van der Waals surface area contributed by atoms with E-state index in [2.05, 4.69) is 21.2 Å². The second-order valence-electron chi connectivity index (χ2n) is 4.59. The lowest BCUT2D eigenvalue weighted by Crippen LogP contribution is -2.38. The smallest absolute Gasteiger partial charge is 0.128 e. The van der Waals surface area contributed by atoms with Gasteiger partial charge in [-0.05, 0) is 31.0 Å². The SMILES string of the molecule is CC(NC(CO)C(C)C)c1cc(Br)ccc1F. The number of aliphatic hydroxyl groups is 1. The molecule has 0 bridgehead atoms. The number of rotatable bonds is 5. The zero-order valence-electron chi connectivity index (χ0n) is 10.4. The van der Waals surface area contributed by atoms with Crippen molar-refractivity contribution in [3.63, 3.8) is 0 Å². The van der Waals surface area contributed by atoms with Gasteiger partial charge >= 0.3 is 0 Å². The van der Waals surface area contributed by atoms with Crippen LogP contribution in [0.25, 0.3) is 0 Å². The summed E-state index contributed by atoms with van der Waals surface area (Å²) >= 11 is 3.33. The molecule has 1 aromatic carbocycles. The fourth-order valence-electron chi connectivity index (χ4n) is 1.71. The number of benzene rings is 1. The molecule has 0 aromatic heterocycles. The summed E-state index contributed by atoms with van der Waals surface area (Å²) in [4.78, 5) is 0. The minimum atomic E-state index is -0.228. The van der Waals surface area contributed by atoms with Crippen LogP contribution in [0.15, 0.2) is 22.7 Å². The van der Waals surface area contributed by atoms with Crippen molar-refractivity contribution in [3.05, 3.63) is 34.1 Å². The normalized spacial score (nSPS) is 15.0. The minimum Gasteiger partial charge on any atom is -0.395 e. The first-order valence-corrected chi connectivity index (χ1v) is 6.56. The molecule has 0 aliphatic rings. The van der Waals surface area contributed by atoms with Crippen molar-refractivity contribution in [3.8, 4) is 0 Å². The molecule has 2 unspecified atom stereocenters. The molecule has 2 atom stereocenters. The highest BCUT2D eigenvalue weighted by Crippen LogP contribution is 2.22. The van der Waals surface area contributed by atoms with Gasteiger partial charge in [0.25, 0.3) is 0 Å². The van der Waals surface area contributed by atoms with Crippen LogP contribution in [-0.2, 0) is 0 Å². The van der Waals surface area contributed by atoms with Crippen LogP contribution in [0.5, 0.6) is 0 Å². The first-order valence-electron chi connectivity index (χ1n) is 5.77. The van der Waals surface area contributed by atoms with Crippen LogP contribution < -0.4 is 5.32 Å². The molecule has 17 heavy (non-hydrogen) atoms. The van der Waals surface area contributed by atoms with Crippen LogP contribution in [0.1, 0.15) is 32.4 Å². The van der Waals surface area contributed by atoms with Crippen LogP contribution in [-0.4, -0.2) is 17.8 Å². The third-order valence-corrected chi connectivity index (χ3v) is 3.38. The van der Waals surface area contributed by atoms with Crippen LogP contribution in [0, 0.1) is 11.7 Å². The maximum absolute atomic E-state index is 13.7. The van der Waals surface area contributed by atoms with E-state index in [9.17, 15) is 9.50 Å². The monoisotopic (exact) mass is 303 g/mol. The van der Waals surface area contributed by atoms with Crippen molar-refractivity contribution in [2.75, 3.05) is 6.61 Å². The highest BCUT2D eigenvalue weighted by atomic mass is 79.9. The van der Waals surface area contributed by atoms with Gasteiger partial charge in [-0.1, -0.05) is 29.8 Å². The van der Waals surface area contributed by atoms with E-state index in [4.69, 9.17) is 0 Å². The number of hydrogen-bond acceptors (Lipinski definition) is 2. The molecule has 1 aromatic rings. The lowest BCUT2D eigenvalue weighted by Gasteiger charge is -2.25. The van der Waals surface area contributed by atoms with Crippen molar-refractivity contribution in [1.29, 1.82) is 0 Å². The number of aliphatic hydroxyl groups excluding tert-OH is 1. The highest BCUT2D eigenvalue weighted by molar-refractivity contribution is 9.10. The van der Waals surface area contributed by atoms with Crippen molar-refractivity contribution < 1.29 is 9.50 Å². The van der Waals surface area contributed by atoms with E-state index in [1.807, 2.05) is 20.8 Å². The Balaban J connectivity index is 2.81. The van der Waals surface area contributed by atoms with E-state index in [-0.39, 0.29) is 24.5 Å². The summed E-state index contributed by atoms with van der Waals surface area (Å²) in [5.41, 5.74) is 0.610. The number of halogens is 2. The summed E-state index contributed by atoms with van der Waals surface area (Å²) in [6.45, 7) is 6.00. The van der Waals surface area contributed by atoms with Gasteiger partial charge in [-0.2, -0.15) is 0 Å². The van der Waals surface area contributed by atoms with Crippen molar-refractivity contribution in [1.82, 2.24) is 5.32 Å². The molecule has 1 rings (SSSR count). The van der Waals surface area contributed by atoms with Gasteiger partial charge in [-0.3, -0.25) is 0 Å². The Morgan fingerprint density at radius 3 is 2.53 bits per heavy atom. The van der Waals surface area contributed by atoms with Gasteiger partial charge in [0.05, 0.1) is 6.61 Å². The standard InChI is InChI=1S/C13H19BrFNO/c1-8(2)13(7-17)16-9(3)11-6-10(14)4-5-12(11)15/h4-6,8-9,13,16-17H,7H2,1-3H3. The zero-order chi connectivity index (χ0) is 13.0. The molecular weight excluding hydrogens is 285 g/mol. The fourth-order valence-corrected chi connectivity index (χ4v) is 2.09. The van der Waals surface area contributed by atoms with E-state index >= 15 is 0 Å². The predicted molar refractivity (Wildman–Crippen MR) is 71.4 cm³/mol. The molecular formula is C13H19BrFNO. The Hall–Kier alpha value is -0.450. The molecule has 0 saturated heterocycles. The van der Waals surface area contributed by atoms with E-state index in [1.54, 1.807) is 12.1 Å². The zero-order valence-corrected chi connectivity index (χ0v) is 12.0. The Morgan fingerprint density at radius 1 is 1.35 bits per heavy atom. The lowest BCUT2D eigenvalue weighted by atomic mass is 10.0. The topological polar surface area (TPSA) is 32.3 Å². The predicted octanol–water partition coefficient (Wildman–Crippen LogP) is 3.26. The Bertz CT molecular complexity index is 370. The average molecular weight is 304 g/mol. The molecule has 0 fully saturated rings. The molecule has 0 amide bonds. The third-order valence-electron chi connectivity index (χ3n) is 2.89. The van der Waals surface area contributed by atoms with Gasteiger partial charge < -0.3 is 10.4 Å². The molecule has 96 valence electrons. The molecule has 4 heteroatoms. The van der Waals surface area contributed by atoms with E-state index < -0.39 is 0 Å². The molecule has 0 heterocycles. The van der Waals surface area contributed by atoms with Crippen molar-refractivity contribution >= 4 is 15.9 Å². The van der Waals surface area contributed by atoms with Crippen LogP contribution in [0.3, 0.4) is 0 Å². The van der Waals surface area contributed by atoms with Crippen LogP contribution in [0.2, 0.25) is 0 Å². The second-order valence-corrected chi connectivity index (χ2v) is 5.50. The quantitative estimate of drug-likeness (QED) is 0.875. The molecule has 2 N–H and O–H groups in total. The summed E-state index contributed by atoms with van der Waals surface area (Å²) in [6, 6.07) is 4.73. The third kappa shape index (κ3) is 4.05. The molecule has 0 radical (unpaired) electrons. The Kier molecular flexibility index (Phi) is 5.56. The van der Waals surface area contributed by atoms with Crippen LogP contribution in [0.4, 0.5) is 4.39 Å². The molecule has 0 spiro atoms. The molecule has 2 nitrogen and oxygen atoms in total. The average Bonchev–Trinajstić information content (AvgIpc) is 2.28. The van der Waals surface area contributed by atoms with Gasteiger partial charge in [0.15, 0.2) is 0 Å². The van der Waals surface area contributed by atoms with E-state index in [0.29, 0.717) is 11.5 Å². The molecule has 0 aliphatic heterocycles. The van der Waals surface area contributed by atoms with Crippen molar-refractivity contribution in [2.45, 2.75) is 32.9 Å². The summed E-state index contributed by atoms with van der Waals surface area (Å²) in [6.07, 6.45) is 0. The minimum absolute atomic E-state index is 0.0246.